The van der Waals surface area contributed by atoms with Crippen molar-refractivity contribution in [2.24, 2.45) is 0 Å². The van der Waals surface area contributed by atoms with Crippen LogP contribution in [0.3, 0.4) is 0 Å². The van der Waals surface area contributed by atoms with E-state index in [1.165, 1.54) is 0 Å². The Labute approximate surface area is 162 Å². The lowest BCUT2D eigenvalue weighted by Gasteiger charge is -2.38. The van der Waals surface area contributed by atoms with Gasteiger partial charge in [0.25, 0.3) is 0 Å². The topological polar surface area (TPSA) is 61.9 Å². The zero-order chi connectivity index (χ0) is 20.0. The van der Waals surface area contributed by atoms with Crippen molar-refractivity contribution in [2.45, 2.75) is 52.1 Å². The molecule has 150 valence electrons. The van der Waals surface area contributed by atoms with Gasteiger partial charge < -0.3 is 15.0 Å². The molecule has 1 aromatic rings. The molecule has 2 rings (SSSR count). The molecule has 1 heterocycles. The van der Waals surface area contributed by atoms with Crippen molar-refractivity contribution in [1.29, 1.82) is 0 Å². The predicted octanol–water partition coefficient (Wildman–Crippen LogP) is 2.08. The molecule has 1 unspecified atom stereocenters. The van der Waals surface area contributed by atoms with E-state index in [0.29, 0.717) is 32.6 Å². The zero-order valence-electron chi connectivity index (χ0n) is 17.2. The molecule has 1 atom stereocenters. The van der Waals surface area contributed by atoms with Gasteiger partial charge in [0.1, 0.15) is 5.75 Å². The van der Waals surface area contributed by atoms with Crippen molar-refractivity contribution in [3.63, 3.8) is 0 Å². The molecule has 0 saturated carbocycles. The van der Waals surface area contributed by atoms with Crippen LogP contribution in [0.15, 0.2) is 24.3 Å². The summed E-state index contributed by atoms with van der Waals surface area (Å²) in [7, 11) is 1.62. The van der Waals surface area contributed by atoms with E-state index in [0.717, 1.165) is 17.7 Å². The number of nitrogens with zero attached hydrogens (tertiary/aromatic N) is 2. The highest BCUT2D eigenvalue weighted by atomic mass is 16.5. The lowest BCUT2D eigenvalue weighted by atomic mass is 10.0. The van der Waals surface area contributed by atoms with Crippen molar-refractivity contribution in [2.75, 3.05) is 33.3 Å². The third-order valence-corrected chi connectivity index (χ3v) is 5.43. The van der Waals surface area contributed by atoms with Crippen LogP contribution in [-0.4, -0.2) is 66.5 Å². The van der Waals surface area contributed by atoms with Crippen molar-refractivity contribution in [1.82, 2.24) is 15.1 Å². The van der Waals surface area contributed by atoms with Crippen LogP contribution in [0.5, 0.6) is 5.75 Å². The van der Waals surface area contributed by atoms with Crippen LogP contribution in [0.4, 0.5) is 0 Å². The Balaban J connectivity index is 1.85. The summed E-state index contributed by atoms with van der Waals surface area (Å²) in [6.45, 7) is 10.8. The number of carbonyl (C=O) groups is 2. The van der Waals surface area contributed by atoms with Gasteiger partial charge in [-0.3, -0.25) is 14.5 Å². The normalized spacial score (nSPS) is 16.7. The lowest BCUT2D eigenvalue weighted by Crippen LogP contribution is -2.57. The molecule has 1 saturated heterocycles. The van der Waals surface area contributed by atoms with Crippen molar-refractivity contribution in [3.05, 3.63) is 29.8 Å². The molecule has 1 aliphatic rings. The summed E-state index contributed by atoms with van der Waals surface area (Å²) >= 11 is 0. The standard InChI is InChI=1S/C21H33N3O3/c1-6-21(3,4)22-20(26)16(2)23-10-12-24(13-11-23)19(25)15-17-8-7-9-18(14-17)27-5/h7-9,14,16H,6,10-13,15H2,1-5H3,(H,22,26). The molecule has 1 aromatic carbocycles. The highest BCUT2D eigenvalue weighted by molar-refractivity contribution is 5.82. The number of methoxy groups -OCH3 is 1. The first-order valence-electron chi connectivity index (χ1n) is 9.72. The van der Waals surface area contributed by atoms with Crippen molar-refractivity contribution < 1.29 is 14.3 Å². The van der Waals surface area contributed by atoms with Crippen molar-refractivity contribution >= 4 is 11.8 Å². The summed E-state index contributed by atoms with van der Waals surface area (Å²) in [5.41, 5.74) is 0.760. The number of nitrogens with one attached hydrogen (secondary N) is 1. The van der Waals surface area contributed by atoms with Crippen LogP contribution in [0.25, 0.3) is 0 Å². The first-order chi connectivity index (χ1) is 12.8. The van der Waals surface area contributed by atoms with E-state index in [1.54, 1.807) is 7.11 Å². The van der Waals surface area contributed by atoms with Crippen molar-refractivity contribution in [3.8, 4) is 5.75 Å². The fourth-order valence-corrected chi connectivity index (χ4v) is 3.12. The van der Waals surface area contributed by atoms with Crippen LogP contribution in [0, 0.1) is 0 Å². The quantitative estimate of drug-likeness (QED) is 0.793. The lowest BCUT2D eigenvalue weighted by molar-refractivity contribution is -0.133. The number of benzene rings is 1. The number of piperazine rings is 1. The number of amides is 2. The van der Waals surface area contributed by atoms with Gasteiger partial charge in [0, 0.05) is 31.7 Å². The van der Waals surface area contributed by atoms with E-state index in [9.17, 15) is 9.59 Å². The average molecular weight is 376 g/mol. The van der Waals surface area contributed by atoms with Gasteiger partial charge >= 0.3 is 0 Å². The Hall–Kier alpha value is -2.08. The predicted molar refractivity (Wildman–Crippen MR) is 107 cm³/mol. The van der Waals surface area contributed by atoms with E-state index >= 15 is 0 Å². The maximum absolute atomic E-state index is 12.6. The highest BCUT2D eigenvalue weighted by Gasteiger charge is 2.29. The second-order valence-corrected chi connectivity index (χ2v) is 7.85. The molecular formula is C21H33N3O3. The minimum absolute atomic E-state index is 0.0537. The molecule has 1 N–H and O–H groups in total. The fourth-order valence-electron chi connectivity index (χ4n) is 3.12. The monoisotopic (exact) mass is 375 g/mol. The minimum Gasteiger partial charge on any atom is -0.497 e. The molecule has 6 nitrogen and oxygen atoms in total. The number of hydrogen-bond acceptors (Lipinski definition) is 4. The van der Waals surface area contributed by atoms with Gasteiger partial charge in [-0.1, -0.05) is 19.1 Å². The Kier molecular flexibility index (Phi) is 7.25. The summed E-state index contributed by atoms with van der Waals surface area (Å²) in [5, 5.41) is 3.11. The van der Waals surface area contributed by atoms with E-state index in [2.05, 4.69) is 17.1 Å². The molecule has 6 heteroatoms. The smallest absolute Gasteiger partial charge is 0.237 e. The van der Waals surface area contributed by atoms with Crippen LogP contribution in [0.1, 0.15) is 39.7 Å². The molecule has 0 radical (unpaired) electrons. The maximum Gasteiger partial charge on any atom is 0.237 e. The van der Waals surface area contributed by atoms with Crippen LogP contribution < -0.4 is 10.1 Å². The molecule has 0 aromatic heterocycles. The fraction of sp³-hybridized carbons (Fsp3) is 0.619. The molecule has 1 aliphatic heterocycles. The molecule has 1 fully saturated rings. The summed E-state index contributed by atoms with van der Waals surface area (Å²) in [6, 6.07) is 7.43. The Bertz CT molecular complexity index is 652. The van der Waals surface area contributed by atoms with Gasteiger partial charge in [-0.15, -0.1) is 0 Å². The molecule has 27 heavy (non-hydrogen) atoms. The second-order valence-electron chi connectivity index (χ2n) is 7.85. The van der Waals surface area contributed by atoms with Gasteiger partial charge in [0.05, 0.1) is 19.6 Å². The van der Waals surface area contributed by atoms with Crippen LogP contribution in [0.2, 0.25) is 0 Å². The highest BCUT2D eigenvalue weighted by Crippen LogP contribution is 2.15. The number of carbonyl (C=O) groups excluding carboxylic acids is 2. The maximum atomic E-state index is 12.6. The van der Waals surface area contributed by atoms with Gasteiger partial charge in [-0.25, -0.2) is 0 Å². The molecular weight excluding hydrogens is 342 g/mol. The molecule has 2 amide bonds. The van der Waals surface area contributed by atoms with E-state index in [4.69, 9.17) is 4.74 Å². The van der Waals surface area contributed by atoms with Gasteiger partial charge in [-0.2, -0.15) is 0 Å². The van der Waals surface area contributed by atoms with Gasteiger partial charge in [0.15, 0.2) is 0 Å². The largest absolute Gasteiger partial charge is 0.497 e. The third kappa shape index (κ3) is 5.96. The van der Waals surface area contributed by atoms with E-state index < -0.39 is 0 Å². The number of rotatable bonds is 7. The third-order valence-electron chi connectivity index (χ3n) is 5.43. The number of hydrogen-bond donors (Lipinski definition) is 1. The average Bonchev–Trinajstić information content (AvgIpc) is 2.67. The first-order valence-corrected chi connectivity index (χ1v) is 9.72. The van der Waals surface area contributed by atoms with E-state index in [-0.39, 0.29) is 23.4 Å². The Morgan fingerprint density at radius 3 is 2.48 bits per heavy atom. The Morgan fingerprint density at radius 1 is 1.22 bits per heavy atom. The minimum atomic E-state index is -0.195. The summed E-state index contributed by atoms with van der Waals surface area (Å²) < 4.78 is 5.22. The zero-order valence-corrected chi connectivity index (χ0v) is 17.2. The molecule has 0 aliphatic carbocycles. The second kappa shape index (κ2) is 9.22. The summed E-state index contributed by atoms with van der Waals surface area (Å²) in [6.07, 6.45) is 1.26. The molecule has 0 spiro atoms. The SMILES string of the molecule is CCC(C)(C)NC(=O)C(C)N1CCN(C(=O)Cc2cccc(OC)c2)CC1. The summed E-state index contributed by atoms with van der Waals surface area (Å²) in [5.74, 6) is 0.935. The first kappa shape index (κ1) is 21.2. The van der Waals surface area contributed by atoms with Gasteiger partial charge in [-0.05, 0) is 44.9 Å². The van der Waals surface area contributed by atoms with Gasteiger partial charge in [0.2, 0.25) is 11.8 Å². The Morgan fingerprint density at radius 2 is 1.89 bits per heavy atom. The van der Waals surface area contributed by atoms with Crippen LogP contribution in [-0.2, 0) is 16.0 Å². The summed E-state index contributed by atoms with van der Waals surface area (Å²) in [4.78, 5) is 29.1. The van der Waals surface area contributed by atoms with Crippen LogP contribution >= 0.6 is 0 Å². The molecule has 0 bridgehead atoms. The van der Waals surface area contributed by atoms with E-state index in [1.807, 2.05) is 49.9 Å². The number of ether oxygens (including phenoxy) is 1.